The van der Waals surface area contributed by atoms with Gasteiger partial charge in [-0.15, -0.1) is 0 Å². The van der Waals surface area contributed by atoms with Gasteiger partial charge in [0.05, 0.1) is 0 Å². The summed E-state index contributed by atoms with van der Waals surface area (Å²) in [5, 5.41) is 0. The monoisotopic (exact) mass is 289 g/mol. The van der Waals surface area contributed by atoms with E-state index in [9.17, 15) is 0 Å². The molecule has 0 saturated carbocycles. The first kappa shape index (κ1) is 16.3. The van der Waals surface area contributed by atoms with Crippen LogP contribution in [0.5, 0.6) is 0 Å². The zero-order valence-electron chi connectivity index (χ0n) is 14.6. The van der Waals surface area contributed by atoms with Gasteiger partial charge in [0.25, 0.3) is 0 Å². The molecule has 1 aromatic carbocycles. The summed E-state index contributed by atoms with van der Waals surface area (Å²) < 4.78 is 0. The second kappa shape index (κ2) is 6.37. The second-order valence-electron chi connectivity index (χ2n) is 7.62. The summed E-state index contributed by atoms with van der Waals surface area (Å²) in [6.45, 7) is 12.4. The molecule has 0 N–H and O–H groups in total. The number of hydrogen-bond acceptors (Lipinski definition) is 3. The van der Waals surface area contributed by atoms with Crippen molar-refractivity contribution in [2.24, 2.45) is 0 Å². The number of likely N-dealkylation sites (N-methyl/N-ethyl adjacent to an activating group) is 1. The maximum atomic E-state index is 2.55. The average Bonchev–Trinajstić information content (AvgIpc) is 2.38. The molecule has 3 nitrogen and oxygen atoms in total. The molecule has 1 aliphatic heterocycles. The summed E-state index contributed by atoms with van der Waals surface area (Å²) in [6, 6.07) is 7.06. The fourth-order valence-electron chi connectivity index (χ4n) is 2.88. The number of piperazine rings is 1. The lowest BCUT2D eigenvalue weighted by molar-refractivity contribution is 0.312. The van der Waals surface area contributed by atoms with Crippen LogP contribution < -0.4 is 4.90 Å². The molecule has 3 heteroatoms. The van der Waals surface area contributed by atoms with E-state index in [0.717, 1.165) is 32.7 Å². The number of hydrogen-bond donors (Lipinski definition) is 0. The van der Waals surface area contributed by atoms with Crippen molar-refractivity contribution in [3.8, 4) is 0 Å². The van der Waals surface area contributed by atoms with Gasteiger partial charge < -0.3 is 14.7 Å². The predicted molar refractivity (Wildman–Crippen MR) is 92.2 cm³/mol. The molecule has 1 fully saturated rings. The summed E-state index contributed by atoms with van der Waals surface area (Å²) in [6.07, 6.45) is 0. The highest BCUT2D eigenvalue weighted by Crippen LogP contribution is 2.30. The van der Waals surface area contributed by atoms with Gasteiger partial charge in [0.2, 0.25) is 0 Å². The lowest BCUT2D eigenvalue weighted by Gasteiger charge is -2.36. The Balaban J connectivity index is 2.31. The van der Waals surface area contributed by atoms with Crippen LogP contribution >= 0.6 is 0 Å². The van der Waals surface area contributed by atoms with Crippen LogP contribution in [0.4, 0.5) is 5.69 Å². The Morgan fingerprint density at radius 2 is 1.67 bits per heavy atom. The van der Waals surface area contributed by atoms with Crippen molar-refractivity contribution in [1.29, 1.82) is 0 Å². The molecule has 118 valence electrons. The highest BCUT2D eigenvalue weighted by Gasteiger charge is 2.20. The third kappa shape index (κ3) is 4.21. The zero-order chi connectivity index (χ0) is 15.6. The molecule has 1 heterocycles. The molecule has 0 spiro atoms. The van der Waals surface area contributed by atoms with Crippen LogP contribution in [-0.4, -0.2) is 57.1 Å². The molecule has 0 aliphatic carbocycles. The van der Waals surface area contributed by atoms with E-state index in [-0.39, 0.29) is 5.41 Å². The van der Waals surface area contributed by atoms with Crippen molar-refractivity contribution >= 4 is 5.69 Å². The Morgan fingerprint density at radius 1 is 1.05 bits per heavy atom. The first-order valence-electron chi connectivity index (χ1n) is 7.99. The topological polar surface area (TPSA) is 9.72 Å². The van der Waals surface area contributed by atoms with Crippen LogP contribution in [0, 0.1) is 0 Å². The molecular formula is C18H31N3. The van der Waals surface area contributed by atoms with E-state index in [1.807, 2.05) is 0 Å². The number of anilines is 1. The van der Waals surface area contributed by atoms with Crippen molar-refractivity contribution in [2.45, 2.75) is 32.7 Å². The Morgan fingerprint density at radius 3 is 2.19 bits per heavy atom. The van der Waals surface area contributed by atoms with Crippen molar-refractivity contribution in [2.75, 3.05) is 52.2 Å². The minimum absolute atomic E-state index is 0.210. The lowest BCUT2D eigenvalue weighted by Crippen LogP contribution is -2.45. The quantitative estimate of drug-likeness (QED) is 0.847. The molecule has 2 rings (SSSR count). The smallest absolute Gasteiger partial charge is 0.0413 e. The van der Waals surface area contributed by atoms with Gasteiger partial charge in [0, 0.05) is 38.4 Å². The van der Waals surface area contributed by atoms with Crippen molar-refractivity contribution in [3.05, 3.63) is 29.3 Å². The van der Waals surface area contributed by atoms with Gasteiger partial charge in [-0.05, 0) is 43.8 Å². The van der Waals surface area contributed by atoms with E-state index >= 15 is 0 Å². The molecular weight excluding hydrogens is 258 g/mol. The molecule has 1 aliphatic rings. The second-order valence-corrected chi connectivity index (χ2v) is 7.62. The fraction of sp³-hybridized carbons (Fsp3) is 0.667. The minimum atomic E-state index is 0.210. The molecule has 0 unspecified atom stereocenters. The normalized spacial score (nSPS) is 17.6. The van der Waals surface area contributed by atoms with Gasteiger partial charge in [0.15, 0.2) is 0 Å². The number of rotatable bonds is 3. The van der Waals surface area contributed by atoms with E-state index < -0.39 is 0 Å². The average molecular weight is 289 g/mol. The number of nitrogens with zero attached hydrogens (tertiary/aromatic N) is 3. The van der Waals surface area contributed by atoms with Crippen molar-refractivity contribution in [1.82, 2.24) is 9.80 Å². The van der Waals surface area contributed by atoms with Crippen LogP contribution in [0.2, 0.25) is 0 Å². The zero-order valence-corrected chi connectivity index (χ0v) is 14.6. The Labute approximate surface area is 130 Å². The third-order valence-corrected chi connectivity index (χ3v) is 4.28. The molecule has 0 amide bonds. The van der Waals surface area contributed by atoms with Crippen molar-refractivity contribution < 1.29 is 0 Å². The van der Waals surface area contributed by atoms with E-state index in [2.05, 4.69) is 74.8 Å². The van der Waals surface area contributed by atoms with Crippen LogP contribution in [0.25, 0.3) is 0 Å². The molecule has 1 saturated heterocycles. The highest BCUT2D eigenvalue weighted by atomic mass is 15.2. The SMILES string of the molecule is CN(C)Cc1cc(C(C)(C)C)ccc1N1CCN(C)CC1. The third-order valence-electron chi connectivity index (χ3n) is 4.28. The van der Waals surface area contributed by atoms with Gasteiger partial charge in [-0.2, -0.15) is 0 Å². The van der Waals surface area contributed by atoms with Crippen LogP contribution in [0.15, 0.2) is 18.2 Å². The van der Waals surface area contributed by atoms with Gasteiger partial charge in [-0.1, -0.05) is 32.9 Å². The summed E-state index contributed by atoms with van der Waals surface area (Å²) in [7, 11) is 6.51. The first-order chi connectivity index (χ1) is 9.77. The highest BCUT2D eigenvalue weighted by molar-refractivity contribution is 5.56. The van der Waals surface area contributed by atoms with E-state index in [1.54, 1.807) is 0 Å². The molecule has 1 aromatic rings. The fourth-order valence-corrected chi connectivity index (χ4v) is 2.88. The van der Waals surface area contributed by atoms with Crippen LogP contribution in [0.1, 0.15) is 31.9 Å². The van der Waals surface area contributed by atoms with E-state index in [0.29, 0.717) is 0 Å². The Hall–Kier alpha value is -1.06. The van der Waals surface area contributed by atoms with Gasteiger partial charge in [0.1, 0.15) is 0 Å². The van der Waals surface area contributed by atoms with Gasteiger partial charge in [-0.25, -0.2) is 0 Å². The number of benzene rings is 1. The maximum absolute atomic E-state index is 2.55. The van der Waals surface area contributed by atoms with Crippen molar-refractivity contribution in [3.63, 3.8) is 0 Å². The van der Waals surface area contributed by atoms with Crippen LogP contribution in [-0.2, 0) is 12.0 Å². The molecule has 0 radical (unpaired) electrons. The predicted octanol–water partition coefficient (Wildman–Crippen LogP) is 2.80. The Kier molecular flexibility index (Phi) is 4.95. The lowest BCUT2D eigenvalue weighted by atomic mass is 9.85. The summed E-state index contributed by atoms with van der Waals surface area (Å²) >= 11 is 0. The largest absolute Gasteiger partial charge is 0.369 e. The molecule has 0 bridgehead atoms. The minimum Gasteiger partial charge on any atom is -0.369 e. The summed E-state index contributed by atoms with van der Waals surface area (Å²) in [4.78, 5) is 7.22. The van der Waals surface area contributed by atoms with E-state index in [4.69, 9.17) is 0 Å². The van der Waals surface area contributed by atoms with Gasteiger partial charge in [-0.3, -0.25) is 0 Å². The molecule has 0 atom stereocenters. The molecule has 21 heavy (non-hydrogen) atoms. The standard InChI is InChI=1S/C18H31N3/c1-18(2,3)16-7-8-17(15(13-16)14-19(4)5)21-11-9-20(6)10-12-21/h7-8,13H,9-12,14H2,1-6H3. The summed E-state index contributed by atoms with van der Waals surface area (Å²) in [5.41, 5.74) is 4.51. The van der Waals surface area contributed by atoms with E-state index in [1.165, 1.54) is 16.8 Å². The Bertz CT molecular complexity index is 466. The summed E-state index contributed by atoms with van der Waals surface area (Å²) in [5.74, 6) is 0. The first-order valence-corrected chi connectivity index (χ1v) is 7.99. The molecule has 0 aromatic heterocycles. The van der Waals surface area contributed by atoms with Crippen LogP contribution in [0.3, 0.4) is 0 Å². The maximum Gasteiger partial charge on any atom is 0.0413 e. The van der Waals surface area contributed by atoms with Gasteiger partial charge >= 0.3 is 0 Å².